The number of hydrogen-bond acceptors (Lipinski definition) is 2. The lowest BCUT2D eigenvalue weighted by atomic mass is 9.70. The lowest BCUT2D eigenvalue weighted by Gasteiger charge is -2.36. The highest BCUT2D eigenvalue weighted by atomic mass is 16.4. The van der Waals surface area contributed by atoms with Gasteiger partial charge in [0.25, 0.3) is 0 Å². The molecule has 16 heavy (non-hydrogen) atoms. The number of carboxylic acids is 1. The standard InChI is InChI=1S/C13H20O3/c1-12(2)9-6-7-13(12,3)11(16)8(9)4-5-10(14)15/h4,9,11,16H,5-7H2,1-3H3,(H,14,15)/t9-,11-,13+/m1/s1. The van der Waals surface area contributed by atoms with Crippen molar-refractivity contribution in [3.63, 3.8) is 0 Å². The van der Waals surface area contributed by atoms with Gasteiger partial charge in [0.15, 0.2) is 0 Å². The van der Waals surface area contributed by atoms with Gasteiger partial charge in [0, 0.05) is 5.41 Å². The highest BCUT2D eigenvalue weighted by Gasteiger charge is 2.63. The second-order valence-electron chi connectivity index (χ2n) is 5.93. The second-order valence-corrected chi connectivity index (χ2v) is 5.93. The van der Waals surface area contributed by atoms with Gasteiger partial charge in [0.05, 0.1) is 12.5 Å². The van der Waals surface area contributed by atoms with Crippen molar-refractivity contribution in [3.8, 4) is 0 Å². The molecule has 0 amide bonds. The largest absolute Gasteiger partial charge is 0.481 e. The Bertz CT molecular complexity index is 356. The summed E-state index contributed by atoms with van der Waals surface area (Å²) in [6, 6.07) is 0. The van der Waals surface area contributed by atoms with Crippen molar-refractivity contribution < 1.29 is 15.0 Å². The van der Waals surface area contributed by atoms with E-state index >= 15 is 0 Å². The summed E-state index contributed by atoms with van der Waals surface area (Å²) in [7, 11) is 0. The van der Waals surface area contributed by atoms with Crippen molar-refractivity contribution in [1.82, 2.24) is 0 Å². The first-order valence-corrected chi connectivity index (χ1v) is 5.90. The van der Waals surface area contributed by atoms with E-state index in [1.54, 1.807) is 6.08 Å². The van der Waals surface area contributed by atoms with Crippen molar-refractivity contribution in [2.24, 2.45) is 16.7 Å². The molecule has 0 radical (unpaired) electrons. The average Bonchev–Trinajstić information content (AvgIpc) is 2.47. The Morgan fingerprint density at radius 2 is 2.12 bits per heavy atom. The number of aliphatic hydroxyl groups is 1. The molecule has 2 N–H and O–H groups in total. The summed E-state index contributed by atoms with van der Waals surface area (Å²) >= 11 is 0. The Hall–Kier alpha value is -0.830. The molecule has 0 spiro atoms. The average molecular weight is 224 g/mol. The SMILES string of the molecule is CC1(C)[C@@H]2CC[C@@]1(C)[C@H](O)C2=CCC(=O)O. The molecule has 2 aliphatic carbocycles. The van der Waals surface area contributed by atoms with E-state index in [0.717, 1.165) is 18.4 Å². The molecule has 2 saturated carbocycles. The summed E-state index contributed by atoms with van der Waals surface area (Å²) < 4.78 is 0. The van der Waals surface area contributed by atoms with Crippen LogP contribution >= 0.6 is 0 Å². The molecule has 0 aromatic rings. The Labute approximate surface area is 96.2 Å². The van der Waals surface area contributed by atoms with Gasteiger partial charge in [-0.3, -0.25) is 4.79 Å². The highest BCUT2D eigenvalue weighted by molar-refractivity contribution is 5.69. The maximum atomic E-state index is 10.6. The summed E-state index contributed by atoms with van der Waals surface area (Å²) in [6.07, 6.45) is 3.40. The second kappa shape index (κ2) is 3.33. The first kappa shape index (κ1) is 11.6. The predicted octanol–water partition coefficient (Wildman–Crippen LogP) is 2.20. The van der Waals surface area contributed by atoms with Crippen LogP contribution in [0.2, 0.25) is 0 Å². The van der Waals surface area contributed by atoms with Crippen LogP contribution in [0.25, 0.3) is 0 Å². The normalized spacial score (nSPS) is 42.9. The molecule has 0 unspecified atom stereocenters. The van der Waals surface area contributed by atoms with Gasteiger partial charge < -0.3 is 10.2 Å². The summed E-state index contributed by atoms with van der Waals surface area (Å²) in [5.74, 6) is -0.475. The van der Waals surface area contributed by atoms with Crippen molar-refractivity contribution in [3.05, 3.63) is 11.6 Å². The topological polar surface area (TPSA) is 57.5 Å². The first-order chi connectivity index (χ1) is 7.30. The zero-order valence-corrected chi connectivity index (χ0v) is 10.2. The number of aliphatic carboxylic acids is 1. The zero-order valence-electron chi connectivity index (χ0n) is 10.2. The molecule has 2 bridgehead atoms. The quantitative estimate of drug-likeness (QED) is 0.707. The minimum absolute atomic E-state index is 0.0229. The fourth-order valence-electron chi connectivity index (χ4n) is 3.62. The van der Waals surface area contributed by atoms with Gasteiger partial charge in [-0.25, -0.2) is 0 Å². The van der Waals surface area contributed by atoms with Gasteiger partial charge in [0.2, 0.25) is 0 Å². The smallest absolute Gasteiger partial charge is 0.307 e. The number of aliphatic hydroxyl groups excluding tert-OH is 1. The number of carboxylic acid groups (broad SMARTS) is 1. The molecule has 2 rings (SSSR count). The Morgan fingerprint density at radius 3 is 2.56 bits per heavy atom. The van der Waals surface area contributed by atoms with Gasteiger partial charge in [-0.1, -0.05) is 26.8 Å². The minimum atomic E-state index is -0.828. The van der Waals surface area contributed by atoms with Crippen LogP contribution in [-0.4, -0.2) is 22.3 Å². The Balaban J connectivity index is 2.33. The van der Waals surface area contributed by atoms with Crippen LogP contribution in [0.4, 0.5) is 0 Å². The Morgan fingerprint density at radius 1 is 1.50 bits per heavy atom. The fourth-order valence-corrected chi connectivity index (χ4v) is 3.62. The first-order valence-electron chi connectivity index (χ1n) is 5.90. The van der Waals surface area contributed by atoms with E-state index in [2.05, 4.69) is 20.8 Å². The highest BCUT2D eigenvalue weighted by Crippen LogP contribution is 2.67. The van der Waals surface area contributed by atoms with Crippen LogP contribution in [0.3, 0.4) is 0 Å². The van der Waals surface area contributed by atoms with E-state index in [0.29, 0.717) is 5.92 Å². The molecule has 90 valence electrons. The van der Waals surface area contributed by atoms with E-state index in [9.17, 15) is 9.90 Å². The van der Waals surface area contributed by atoms with Gasteiger partial charge in [-0.2, -0.15) is 0 Å². The minimum Gasteiger partial charge on any atom is -0.481 e. The molecule has 0 aromatic carbocycles. The van der Waals surface area contributed by atoms with Gasteiger partial charge in [-0.15, -0.1) is 0 Å². The molecule has 0 aromatic heterocycles. The van der Waals surface area contributed by atoms with Crippen molar-refractivity contribution >= 4 is 5.97 Å². The predicted molar refractivity (Wildman–Crippen MR) is 61.0 cm³/mol. The van der Waals surface area contributed by atoms with Crippen molar-refractivity contribution in [2.75, 3.05) is 0 Å². The zero-order chi connectivity index (χ0) is 12.1. The van der Waals surface area contributed by atoms with E-state index in [1.807, 2.05) is 0 Å². The maximum Gasteiger partial charge on any atom is 0.307 e. The monoisotopic (exact) mass is 224 g/mol. The molecule has 0 saturated heterocycles. The van der Waals surface area contributed by atoms with E-state index < -0.39 is 12.1 Å². The van der Waals surface area contributed by atoms with Crippen molar-refractivity contribution in [1.29, 1.82) is 0 Å². The third-order valence-corrected chi connectivity index (χ3v) is 5.13. The summed E-state index contributed by atoms with van der Waals surface area (Å²) in [4.78, 5) is 10.6. The number of carbonyl (C=O) groups is 1. The van der Waals surface area contributed by atoms with E-state index in [-0.39, 0.29) is 17.3 Å². The van der Waals surface area contributed by atoms with E-state index in [4.69, 9.17) is 5.11 Å². The molecule has 3 atom stereocenters. The number of rotatable bonds is 2. The molecule has 2 aliphatic rings. The molecule has 0 aliphatic heterocycles. The van der Waals surface area contributed by atoms with Crippen LogP contribution in [0.1, 0.15) is 40.0 Å². The van der Waals surface area contributed by atoms with Crippen LogP contribution in [0.15, 0.2) is 11.6 Å². The lowest BCUT2D eigenvalue weighted by Crippen LogP contribution is -2.35. The fraction of sp³-hybridized carbons (Fsp3) is 0.769. The van der Waals surface area contributed by atoms with Gasteiger partial charge >= 0.3 is 5.97 Å². The molecular formula is C13H20O3. The summed E-state index contributed by atoms with van der Waals surface area (Å²) in [5, 5.41) is 19.0. The number of fused-ring (bicyclic) bond motifs is 2. The van der Waals surface area contributed by atoms with Crippen LogP contribution in [0, 0.1) is 16.7 Å². The van der Waals surface area contributed by atoms with E-state index in [1.165, 1.54) is 0 Å². The molecule has 3 nitrogen and oxygen atoms in total. The molecule has 0 heterocycles. The lowest BCUT2D eigenvalue weighted by molar-refractivity contribution is -0.136. The van der Waals surface area contributed by atoms with Gasteiger partial charge in [-0.05, 0) is 29.7 Å². The summed E-state index contributed by atoms with van der Waals surface area (Å²) in [5.41, 5.74) is 0.958. The van der Waals surface area contributed by atoms with Crippen molar-refractivity contribution in [2.45, 2.75) is 46.1 Å². The van der Waals surface area contributed by atoms with Gasteiger partial charge in [0.1, 0.15) is 0 Å². The van der Waals surface area contributed by atoms with Crippen LogP contribution in [-0.2, 0) is 4.79 Å². The Kier molecular flexibility index (Phi) is 2.42. The van der Waals surface area contributed by atoms with Crippen LogP contribution < -0.4 is 0 Å². The third kappa shape index (κ3) is 1.27. The molecular weight excluding hydrogens is 204 g/mol. The molecule has 3 heteroatoms. The number of hydrogen-bond donors (Lipinski definition) is 2. The van der Waals surface area contributed by atoms with Crippen LogP contribution in [0.5, 0.6) is 0 Å². The maximum absolute atomic E-state index is 10.6. The third-order valence-electron chi connectivity index (χ3n) is 5.13. The molecule has 2 fully saturated rings. The summed E-state index contributed by atoms with van der Waals surface area (Å²) in [6.45, 7) is 6.50.